The second-order valence-electron chi connectivity index (χ2n) is 8.76. The first-order valence-corrected chi connectivity index (χ1v) is 13.2. The van der Waals surface area contributed by atoms with Crippen LogP contribution in [-0.4, -0.2) is 56.7 Å². The Morgan fingerprint density at radius 2 is 1.79 bits per heavy atom. The molecule has 0 saturated carbocycles. The van der Waals surface area contributed by atoms with Crippen molar-refractivity contribution in [1.29, 1.82) is 0 Å². The molecule has 39 heavy (non-hydrogen) atoms. The molecule has 9 nitrogen and oxygen atoms in total. The number of amides is 1. The van der Waals surface area contributed by atoms with Crippen LogP contribution in [0.5, 0.6) is 0 Å². The lowest BCUT2D eigenvalue weighted by Gasteiger charge is -2.13. The lowest BCUT2D eigenvalue weighted by molar-refractivity contribution is -0.192. The molecule has 0 unspecified atom stereocenters. The maximum Gasteiger partial charge on any atom is 0.490 e. The highest BCUT2D eigenvalue weighted by atomic mass is 35.5. The molecule has 2 aromatic heterocycles. The molecule has 14 heteroatoms. The van der Waals surface area contributed by atoms with Crippen LogP contribution >= 0.6 is 22.9 Å². The van der Waals surface area contributed by atoms with Crippen molar-refractivity contribution in [2.45, 2.75) is 52.3 Å². The molecule has 4 N–H and O–H groups in total. The topological polar surface area (TPSA) is 135 Å². The van der Waals surface area contributed by atoms with Crippen LogP contribution in [0.25, 0.3) is 5.00 Å². The highest BCUT2D eigenvalue weighted by molar-refractivity contribution is 7.15. The number of nitrogens with zero attached hydrogens (tertiary/aromatic N) is 4. The minimum Gasteiger partial charge on any atom is -0.475 e. The summed E-state index contributed by atoms with van der Waals surface area (Å²) in [4.78, 5) is 28.0. The summed E-state index contributed by atoms with van der Waals surface area (Å²) in [6.07, 6.45) is -3.14. The van der Waals surface area contributed by atoms with Crippen molar-refractivity contribution in [3.8, 4) is 5.00 Å². The number of fused-ring (bicyclic) bond motifs is 3. The number of hydrogen-bond donors (Lipinski definition) is 3. The van der Waals surface area contributed by atoms with E-state index in [9.17, 15) is 18.0 Å². The zero-order valence-corrected chi connectivity index (χ0v) is 23.0. The van der Waals surface area contributed by atoms with Gasteiger partial charge in [0.2, 0.25) is 5.91 Å². The van der Waals surface area contributed by atoms with Gasteiger partial charge in [-0.15, -0.1) is 21.5 Å². The van der Waals surface area contributed by atoms with Gasteiger partial charge < -0.3 is 16.2 Å². The number of hydrogen-bond acceptors (Lipinski definition) is 7. The van der Waals surface area contributed by atoms with Gasteiger partial charge in [-0.1, -0.05) is 23.7 Å². The zero-order valence-electron chi connectivity index (χ0n) is 21.5. The molecule has 1 aliphatic heterocycles. The van der Waals surface area contributed by atoms with Crippen LogP contribution in [0, 0.1) is 20.8 Å². The molecule has 0 aliphatic carbocycles. The normalized spacial score (nSPS) is 14.4. The van der Waals surface area contributed by atoms with E-state index < -0.39 is 18.2 Å². The third-order valence-corrected chi connectivity index (χ3v) is 7.38. The van der Waals surface area contributed by atoms with Gasteiger partial charge in [0.05, 0.1) is 12.1 Å². The molecule has 1 aliphatic rings. The number of aromatic nitrogens is 3. The predicted octanol–water partition coefficient (Wildman–Crippen LogP) is 4.68. The Bertz CT molecular complexity index is 1370. The van der Waals surface area contributed by atoms with Crippen molar-refractivity contribution >= 4 is 40.5 Å². The smallest absolute Gasteiger partial charge is 0.475 e. The van der Waals surface area contributed by atoms with E-state index in [1.807, 2.05) is 31.2 Å². The Labute approximate surface area is 231 Å². The van der Waals surface area contributed by atoms with Gasteiger partial charge >= 0.3 is 12.1 Å². The summed E-state index contributed by atoms with van der Waals surface area (Å²) < 4.78 is 33.8. The molecule has 3 aromatic rings. The van der Waals surface area contributed by atoms with E-state index in [1.165, 1.54) is 10.4 Å². The van der Waals surface area contributed by atoms with Crippen LogP contribution in [0.4, 0.5) is 13.2 Å². The van der Waals surface area contributed by atoms with E-state index in [-0.39, 0.29) is 12.3 Å². The number of halogens is 4. The first-order valence-electron chi connectivity index (χ1n) is 12.0. The summed E-state index contributed by atoms with van der Waals surface area (Å²) in [5, 5.41) is 20.6. The molecule has 1 atom stereocenters. The second-order valence-corrected chi connectivity index (χ2v) is 10.4. The number of rotatable bonds is 7. The van der Waals surface area contributed by atoms with Gasteiger partial charge in [0, 0.05) is 27.6 Å². The van der Waals surface area contributed by atoms with E-state index in [1.54, 1.807) is 11.3 Å². The molecular formula is C25H28ClF3N6O3S. The quantitative estimate of drug-likeness (QED) is 0.345. The highest BCUT2D eigenvalue weighted by Crippen LogP contribution is 2.39. The van der Waals surface area contributed by atoms with E-state index in [4.69, 9.17) is 32.2 Å². The number of aliphatic imine (C=N–C) groups is 1. The lowest BCUT2D eigenvalue weighted by Crippen LogP contribution is -2.26. The number of carbonyl (C=O) groups excluding carboxylic acids is 1. The summed E-state index contributed by atoms with van der Waals surface area (Å²) >= 11 is 7.84. The van der Waals surface area contributed by atoms with Crippen molar-refractivity contribution in [2.75, 3.05) is 13.1 Å². The van der Waals surface area contributed by atoms with Gasteiger partial charge in [0.15, 0.2) is 5.82 Å². The van der Waals surface area contributed by atoms with Gasteiger partial charge in [0.25, 0.3) is 0 Å². The van der Waals surface area contributed by atoms with Crippen molar-refractivity contribution in [2.24, 2.45) is 10.7 Å². The number of carboxylic acid groups (broad SMARTS) is 1. The zero-order chi connectivity index (χ0) is 28.9. The number of alkyl halides is 3. The molecule has 0 fully saturated rings. The third kappa shape index (κ3) is 7.22. The molecule has 0 radical (unpaired) electrons. The van der Waals surface area contributed by atoms with Gasteiger partial charge in [-0.25, -0.2) is 4.79 Å². The van der Waals surface area contributed by atoms with Gasteiger partial charge in [-0.05, 0) is 57.9 Å². The maximum absolute atomic E-state index is 12.7. The van der Waals surface area contributed by atoms with Crippen molar-refractivity contribution in [1.82, 2.24) is 20.1 Å². The molecule has 3 heterocycles. The fraction of sp³-hybridized carbons (Fsp3) is 0.400. The van der Waals surface area contributed by atoms with E-state index in [0.29, 0.717) is 23.9 Å². The largest absolute Gasteiger partial charge is 0.490 e. The number of aryl methyl sites for hydroxylation is 2. The molecule has 4 rings (SSSR count). The summed E-state index contributed by atoms with van der Waals surface area (Å²) in [7, 11) is 0. The fourth-order valence-corrected chi connectivity index (χ4v) is 5.22. The minimum absolute atomic E-state index is 0.0587. The summed E-state index contributed by atoms with van der Waals surface area (Å²) in [5.41, 5.74) is 9.59. The number of unbranched alkanes of at least 4 members (excludes halogenated alkanes) is 1. The van der Waals surface area contributed by atoms with E-state index >= 15 is 0 Å². The number of carbonyl (C=O) groups is 2. The number of thiophene rings is 1. The summed E-state index contributed by atoms with van der Waals surface area (Å²) in [6.45, 7) is 7.38. The molecule has 0 spiro atoms. The first kappa shape index (κ1) is 30.3. The average Bonchev–Trinajstić information content (AvgIpc) is 3.34. The maximum atomic E-state index is 12.7. The monoisotopic (exact) mass is 584 g/mol. The summed E-state index contributed by atoms with van der Waals surface area (Å²) in [6, 6.07) is 7.23. The Morgan fingerprint density at radius 1 is 1.15 bits per heavy atom. The lowest BCUT2D eigenvalue weighted by atomic mass is 9.99. The van der Waals surface area contributed by atoms with Crippen LogP contribution in [0.1, 0.15) is 58.5 Å². The van der Waals surface area contributed by atoms with Crippen LogP contribution in [0.15, 0.2) is 29.3 Å². The first-order chi connectivity index (χ1) is 18.3. The molecule has 0 saturated heterocycles. The van der Waals surface area contributed by atoms with Gasteiger partial charge in [-0.3, -0.25) is 14.4 Å². The predicted molar refractivity (Wildman–Crippen MR) is 143 cm³/mol. The molecule has 210 valence electrons. The minimum atomic E-state index is -5.08. The van der Waals surface area contributed by atoms with Gasteiger partial charge in [0.1, 0.15) is 16.9 Å². The molecular weight excluding hydrogens is 557 g/mol. The van der Waals surface area contributed by atoms with Crippen LogP contribution in [0.2, 0.25) is 5.02 Å². The number of aliphatic carboxylic acids is 1. The second kappa shape index (κ2) is 12.7. The molecule has 1 amide bonds. The van der Waals surface area contributed by atoms with Crippen LogP contribution < -0.4 is 11.1 Å². The number of carboxylic acids is 1. The van der Waals surface area contributed by atoms with Crippen LogP contribution in [-0.2, 0) is 9.59 Å². The Morgan fingerprint density at radius 3 is 2.38 bits per heavy atom. The standard InChI is InChI=1S/C23H27ClN6OS.C2HF3O2/c1-13-14(2)32-23-20(13)21(16-6-8-17(24)9-7-16)27-18(22-29-28-15(3)30(22)23)12-19(31)26-11-5-4-10-25;3-2(4,5)1(6)7/h6-9,18H,4-5,10-12,25H2,1-3H3,(H,26,31);(H,6,7)/t18-;/m0./s1. The average molecular weight is 585 g/mol. The van der Waals surface area contributed by atoms with E-state index in [0.717, 1.165) is 40.5 Å². The van der Waals surface area contributed by atoms with Crippen molar-refractivity contribution in [3.63, 3.8) is 0 Å². The number of nitrogens with one attached hydrogen (secondary N) is 1. The number of benzene rings is 1. The third-order valence-electron chi connectivity index (χ3n) is 5.93. The number of nitrogens with two attached hydrogens (primary N) is 1. The Hall–Kier alpha value is -3.29. The molecule has 1 aromatic carbocycles. The van der Waals surface area contributed by atoms with Crippen molar-refractivity contribution < 1.29 is 27.9 Å². The highest BCUT2D eigenvalue weighted by Gasteiger charge is 2.38. The molecule has 0 bridgehead atoms. The van der Waals surface area contributed by atoms with Crippen molar-refractivity contribution in [3.05, 3.63) is 62.5 Å². The Balaban J connectivity index is 0.000000532. The fourth-order valence-electron chi connectivity index (χ4n) is 3.88. The SMILES string of the molecule is Cc1sc2c(c1C)C(c1ccc(Cl)cc1)=N[C@@H](CC(=O)NCCCCN)c1nnc(C)n1-2.O=C(O)C(F)(F)F. The van der Waals surface area contributed by atoms with Crippen LogP contribution in [0.3, 0.4) is 0 Å². The Kier molecular flexibility index (Phi) is 9.86. The summed E-state index contributed by atoms with van der Waals surface area (Å²) in [5.74, 6) is -1.35. The van der Waals surface area contributed by atoms with Gasteiger partial charge in [-0.2, -0.15) is 13.2 Å². The van der Waals surface area contributed by atoms with E-state index in [2.05, 4.69) is 33.9 Å².